The predicted molar refractivity (Wildman–Crippen MR) is 63.0 cm³/mol. The number of fused-ring (bicyclic) bond motifs is 1. The van der Waals surface area contributed by atoms with E-state index in [1.54, 1.807) is 0 Å². The molecule has 0 spiro atoms. The number of hydrogen-bond acceptors (Lipinski definition) is 1. The van der Waals surface area contributed by atoms with Gasteiger partial charge in [-0.2, -0.15) is 0 Å². The first-order valence-corrected chi connectivity index (χ1v) is 5.25. The number of aliphatic hydroxyl groups excluding tert-OH is 1. The zero-order valence-corrected chi connectivity index (χ0v) is 9.70. The number of nitrogens with zero attached hydrogens (tertiary/aromatic N) is 1. The summed E-state index contributed by atoms with van der Waals surface area (Å²) in [6, 6.07) is 4.24. The van der Waals surface area contributed by atoms with Gasteiger partial charge in [0.05, 0.1) is 11.6 Å². The molecule has 0 aliphatic heterocycles. The van der Waals surface area contributed by atoms with Gasteiger partial charge in [-0.05, 0) is 31.9 Å². The van der Waals surface area contributed by atoms with Crippen molar-refractivity contribution in [1.82, 2.24) is 4.57 Å². The average Bonchev–Trinajstić information content (AvgIpc) is 2.51. The van der Waals surface area contributed by atoms with Gasteiger partial charge < -0.3 is 9.67 Å². The quantitative estimate of drug-likeness (QED) is 0.757. The Labute approximate surface area is 90.2 Å². The van der Waals surface area contributed by atoms with Crippen LogP contribution >= 0.6 is 0 Å². The minimum atomic E-state index is -0.408. The first-order chi connectivity index (χ1) is 7.02. The van der Waals surface area contributed by atoms with Gasteiger partial charge in [-0.15, -0.1) is 0 Å². The maximum atomic E-state index is 9.74. The molecule has 0 aliphatic carbocycles. The van der Waals surface area contributed by atoms with E-state index in [4.69, 9.17) is 0 Å². The Bertz CT molecular complexity index is 509. The third kappa shape index (κ3) is 1.45. The maximum Gasteiger partial charge on any atom is 0.0782 e. The van der Waals surface area contributed by atoms with Gasteiger partial charge in [0.15, 0.2) is 0 Å². The molecule has 2 heteroatoms. The molecule has 80 valence electrons. The van der Waals surface area contributed by atoms with Crippen LogP contribution in [0.5, 0.6) is 0 Å². The highest BCUT2D eigenvalue weighted by Crippen LogP contribution is 2.30. The van der Waals surface area contributed by atoms with Crippen LogP contribution in [0.1, 0.15) is 29.7 Å². The fraction of sp³-hybridized carbons (Fsp3) is 0.385. The van der Waals surface area contributed by atoms with E-state index in [0.29, 0.717) is 0 Å². The van der Waals surface area contributed by atoms with Crippen LogP contribution in [0.25, 0.3) is 10.9 Å². The second kappa shape index (κ2) is 3.38. The smallest absolute Gasteiger partial charge is 0.0782 e. The first kappa shape index (κ1) is 10.2. The lowest BCUT2D eigenvalue weighted by Gasteiger charge is -2.06. The summed E-state index contributed by atoms with van der Waals surface area (Å²) >= 11 is 0. The van der Waals surface area contributed by atoms with Crippen LogP contribution in [-0.2, 0) is 7.05 Å². The van der Waals surface area contributed by atoms with E-state index >= 15 is 0 Å². The molecule has 0 bridgehead atoms. The van der Waals surface area contributed by atoms with E-state index < -0.39 is 6.10 Å². The van der Waals surface area contributed by atoms with Crippen LogP contribution in [0.4, 0.5) is 0 Å². The van der Waals surface area contributed by atoms with E-state index in [0.717, 1.165) is 5.56 Å². The van der Waals surface area contributed by atoms with Crippen molar-refractivity contribution in [2.75, 3.05) is 0 Å². The number of aliphatic hydroxyl groups is 1. The van der Waals surface area contributed by atoms with Crippen LogP contribution in [0.3, 0.4) is 0 Å². The molecular weight excluding hydrogens is 186 g/mol. The Morgan fingerprint density at radius 2 is 1.80 bits per heavy atom. The SMILES string of the molecule is Cc1ccc(C)c2c1c(C(C)O)cn2C. The number of benzene rings is 1. The van der Waals surface area contributed by atoms with Crippen LogP contribution in [0.2, 0.25) is 0 Å². The van der Waals surface area contributed by atoms with Crippen molar-refractivity contribution in [3.8, 4) is 0 Å². The van der Waals surface area contributed by atoms with Crippen LogP contribution < -0.4 is 0 Å². The molecule has 0 radical (unpaired) electrons. The summed E-state index contributed by atoms with van der Waals surface area (Å²) in [5.74, 6) is 0. The van der Waals surface area contributed by atoms with E-state index in [-0.39, 0.29) is 0 Å². The number of hydrogen-bond donors (Lipinski definition) is 1. The zero-order chi connectivity index (χ0) is 11.2. The van der Waals surface area contributed by atoms with Gasteiger partial charge >= 0.3 is 0 Å². The molecule has 0 fully saturated rings. The molecule has 0 saturated heterocycles. The highest BCUT2D eigenvalue weighted by atomic mass is 16.3. The predicted octanol–water partition coefficient (Wildman–Crippen LogP) is 2.85. The lowest BCUT2D eigenvalue weighted by atomic mass is 10.0. The van der Waals surface area contributed by atoms with E-state index in [2.05, 4.69) is 30.5 Å². The summed E-state index contributed by atoms with van der Waals surface area (Å²) in [5, 5.41) is 10.9. The fourth-order valence-corrected chi connectivity index (χ4v) is 2.27. The molecule has 1 aromatic carbocycles. The van der Waals surface area contributed by atoms with Crippen molar-refractivity contribution in [1.29, 1.82) is 0 Å². The summed E-state index contributed by atoms with van der Waals surface area (Å²) < 4.78 is 2.10. The van der Waals surface area contributed by atoms with E-state index in [9.17, 15) is 5.11 Å². The molecule has 1 N–H and O–H groups in total. The lowest BCUT2D eigenvalue weighted by Crippen LogP contribution is -1.90. The highest BCUT2D eigenvalue weighted by molar-refractivity contribution is 5.89. The van der Waals surface area contributed by atoms with Crippen LogP contribution in [-0.4, -0.2) is 9.67 Å². The largest absolute Gasteiger partial charge is 0.389 e. The van der Waals surface area contributed by atoms with Gasteiger partial charge in [0, 0.05) is 24.2 Å². The molecule has 2 rings (SSSR count). The molecule has 1 atom stereocenters. The van der Waals surface area contributed by atoms with E-state index in [1.165, 1.54) is 22.0 Å². The molecule has 2 nitrogen and oxygen atoms in total. The topological polar surface area (TPSA) is 25.2 Å². The highest BCUT2D eigenvalue weighted by Gasteiger charge is 2.13. The second-order valence-corrected chi connectivity index (χ2v) is 4.29. The first-order valence-electron chi connectivity index (χ1n) is 5.25. The van der Waals surface area contributed by atoms with Crippen molar-refractivity contribution in [3.05, 3.63) is 35.0 Å². The summed E-state index contributed by atoms with van der Waals surface area (Å²) in [7, 11) is 2.03. The van der Waals surface area contributed by atoms with Crippen LogP contribution in [0, 0.1) is 13.8 Å². The summed E-state index contributed by atoms with van der Waals surface area (Å²) in [6.45, 7) is 6.01. The Hall–Kier alpha value is -1.28. The third-order valence-corrected chi connectivity index (χ3v) is 3.01. The lowest BCUT2D eigenvalue weighted by molar-refractivity contribution is 0.200. The van der Waals surface area contributed by atoms with Crippen LogP contribution in [0.15, 0.2) is 18.3 Å². The molecule has 15 heavy (non-hydrogen) atoms. The normalized spacial score (nSPS) is 13.4. The molecule has 0 saturated carbocycles. The van der Waals surface area contributed by atoms with Gasteiger partial charge in [0.2, 0.25) is 0 Å². The standard InChI is InChI=1S/C13H17NO/c1-8-5-6-9(2)13-12(8)11(10(3)15)7-14(13)4/h5-7,10,15H,1-4H3. The second-order valence-electron chi connectivity index (χ2n) is 4.29. The molecule has 0 aliphatic rings. The Kier molecular flexibility index (Phi) is 2.31. The van der Waals surface area contributed by atoms with Gasteiger partial charge in [-0.3, -0.25) is 0 Å². The summed E-state index contributed by atoms with van der Waals surface area (Å²) in [6.07, 6.45) is 1.61. The number of rotatable bonds is 1. The van der Waals surface area contributed by atoms with Gasteiger partial charge in [-0.25, -0.2) is 0 Å². The minimum Gasteiger partial charge on any atom is -0.389 e. The van der Waals surface area contributed by atoms with Gasteiger partial charge in [0.25, 0.3) is 0 Å². The van der Waals surface area contributed by atoms with Gasteiger partial charge in [-0.1, -0.05) is 12.1 Å². The minimum absolute atomic E-state index is 0.408. The van der Waals surface area contributed by atoms with Crippen molar-refractivity contribution in [2.24, 2.45) is 7.05 Å². The Balaban J connectivity index is 2.92. The average molecular weight is 203 g/mol. The fourth-order valence-electron chi connectivity index (χ4n) is 2.27. The molecule has 0 amide bonds. The molecule has 1 heterocycles. The van der Waals surface area contributed by atoms with Gasteiger partial charge in [0.1, 0.15) is 0 Å². The molecule has 1 aromatic heterocycles. The van der Waals surface area contributed by atoms with E-state index in [1.807, 2.05) is 20.2 Å². The molecule has 2 aromatic rings. The van der Waals surface area contributed by atoms with Crippen molar-refractivity contribution in [3.63, 3.8) is 0 Å². The monoisotopic (exact) mass is 203 g/mol. The zero-order valence-electron chi connectivity index (χ0n) is 9.70. The molecule has 1 unspecified atom stereocenters. The van der Waals surface area contributed by atoms with Crippen molar-refractivity contribution < 1.29 is 5.11 Å². The molecular formula is C13H17NO. The third-order valence-electron chi connectivity index (χ3n) is 3.01. The van der Waals surface area contributed by atoms with Crippen molar-refractivity contribution in [2.45, 2.75) is 26.9 Å². The Morgan fingerprint density at radius 3 is 2.40 bits per heavy atom. The summed E-state index contributed by atoms with van der Waals surface area (Å²) in [4.78, 5) is 0. The van der Waals surface area contributed by atoms with Crippen molar-refractivity contribution >= 4 is 10.9 Å². The number of aromatic nitrogens is 1. The number of aryl methyl sites for hydroxylation is 3. The Morgan fingerprint density at radius 1 is 1.20 bits per heavy atom. The summed E-state index contributed by atoms with van der Waals surface area (Å²) in [5.41, 5.74) is 4.73. The maximum absolute atomic E-state index is 9.74.